The van der Waals surface area contributed by atoms with E-state index in [0.29, 0.717) is 34.4 Å². The third-order valence-corrected chi connectivity index (χ3v) is 5.66. The number of phenolic OH excluding ortho intramolecular Hbond substituents is 2. The molecule has 10 heteroatoms. The predicted octanol–water partition coefficient (Wildman–Crippen LogP) is 3.99. The second-order valence-electron chi connectivity index (χ2n) is 10.2. The van der Waals surface area contributed by atoms with Crippen molar-refractivity contribution in [3.63, 3.8) is 0 Å². The Morgan fingerprint density at radius 2 is 1.08 bits per heavy atom. The maximum Gasteiger partial charge on any atom is 0.187 e. The standard InChI is InChI=1S/C26H36N6O2S2/c1-25(2,3)19-11-7-9-17(21(19)33)15-29-31-23(35)27-13-14-28-24(36)32-30-16-18-10-8-12-20(22(18)34)26(4,5)6/h7-12,15-16,33-34H,13-14H2,1-6H3,(H2,27,31,35)(H2,28,32,36)/b29-15+,30-16+. The van der Waals surface area contributed by atoms with Gasteiger partial charge in [-0.05, 0) is 58.5 Å². The van der Waals surface area contributed by atoms with Gasteiger partial charge in [0.25, 0.3) is 0 Å². The quantitative estimate of drug-likeness (QED) is 0.138. The molecular formula is C26H36N6O2S2. The van der Waals surface area contributed by atoms with Gasteiger partial charge in [0.15, 0.2) is 10.2 Å². The Hall–Kier alpha value is -3.24. The Morgan fingerprint density at radius 3 is 1.42 bits per heavy atom. The predicted molar refractivity (Wildman–Crippen MR) is 156 cm³/mol. The molecule has 2 aromatic carbocycles. The molecule has 0 aliphatic rings. The van der Waals surface area contributed by atoms with Crippen LogP contribution in [0, 0.1) is 0 Å². The zero-order valence-corrected chi connectivity index (χ0v) is 23.3. The minimum Gasteiger partial charge on any atom is -0.507 e. The van der Waals surface area contributed by atoms with E-state index in [2.05, 4.69) is 31.7 Å². The number of hydrogen-bond acceptors (Lipinski definition) is 6. The van der Waals surface area contributed by atoms with Gasteiger partial charge in [0.2, 0.25) is 0 Å². The summed E-state index contributed by atoms with van der Waals surface area (Å²) in [6.07, 6.45) is 3.06. The van der Waals surface area contributed by atoms with Crippen molar-refractivity contribution in [2.45, 2.75) is 52.4 Å². The van der Waals surface area contributed by atoms with Crippen molar-refractivity contribution in [1.82, 2.24) is 21.5 Å². The molecule has 0 saturated carbocycles. The summed E-state index contributed by atoms with van der Waals surface area (Å²) in [6.45, 7) is 13.2. The molecule has 0 bridgehead atoms. The fourth-order valence-electron chi connectivity index (χ4n) is 3.29. The Morgan fingerprint density at radius 1 is 0.722 bits per heavy atom. The lowest BCUT2D eigenvalue weighted by Crippen LogP contribution is -2.40. The van der Waals surface area contributed by atoms with Crippen LogP contribution in [0.25, 0.3) is 0 Å². The van der Waals surface area contributed by atoms with E-state index in [1.54, 1.807) is 12.1 Å². The summed E-state index contributed by atoms with van der Waals surface area (Å²) in [5, 5.41) is 35.9. The van der Waals surface area contributed by atoms with E-state index >= 15 is 0 Å². The van der Waals surface area contributed by atoms with Gasteiger partial charge in [-0.25, -0.2) is 0 Å². The van der Waals surface area contributed by atoms with Crippen LogP contribution in [0.1, 0.15) is 63.8 Å². The summed E-state index contributed by atoms with van der Waals surface area (Å²) in [7, 11) is 0. The highest BCUT2D eigenvalue weighted by Gasteiger charge is 2.20. The highest BCUT2D eigenvalue weighted by molar-refractivity contribution is 7.80. The van der Waals surface area contributed by atoms with Crippen molar-refractivity contribution in [2.75, 3.05) is 13.1 Å². The van der Waals surface area contributed by atoms with Crippen molar-refractivity contribution >= 4 is 47.1 Å². The summed E-state index contributed by atoms with van der Waals surface area (Å²) < 4.78 is 0. The lowest BCUT2D eigenvalue weighted by molar-refractivity contribution is 0.445. The third-order valence-electron chi connectivity index (χ3n) is 5.19. The van der Waals surface area contributed by atoms with Gasteiger partial charge in [0, 0.05) is 24.2 Å². The van der Waals surface area contributed by atoms with Crippen molar-refractivity contribution in [3.05, 3.63) is 58.7 Å². The fourth-order valence-corrected chi connectivity index (χ4v) is 3.60. The van der Waals surface area contributed by atoms with Crippen molar-refractivity contribution in [1.29, 1.82) is 0 Å². The van der Waals surface area contributed by atoms with Gasteiger partial charge >= 0.3 is 0 Å². The molecule has 2 aromatic rings. The molecule has 0 aliphatic heterocycles. The van der Waals surface area contributed by atoms with Crippen LogP contribution in [0.5, 0.6) is 11.5 Å². The number of aromatic hydroxyl groups is 2. The molecule has 0 aromatic heterocycles. The third kappa shape index (κ3) is 8.76. The average molecular weight is 529 g/mol. The molecule has 194 valence electrons. The molecule has 0 amide bonds. The lowest BCUT2D eigenvalue weighted by Gasteiger charge is -2.21. The van der Waals surface area contributed by atoms with E-state index < -0.39 is 0 Å². The number of nitrogens with one attached hydrogen (secondary N) is 4. The van der Waals surface area contributed by atoms with Crippen molar-refractivity contribution in [3.8, 4) is 11.5 Å². The van der Waals surface area contributed by atoms with E-state index in [9.17, 15) is 10.2 Å². The number of phenols is 2. The van der Waals surface area contributed by atoms with Crippen molar-refractivity contribution < 1.29 is 10.2 Å². The van der Waals surface area contributed by atoms with Gasteiger partial charge < -0.3 is 20.8 Å². The highest BCUT2D eigenvalue weighted by Crippen LogP contribution is 2.33. The van der Waals surface area contributed by atoms with Gasteiger partial charge in [-0.15, -0.1) is 0 Å². The molecule has 0 unspecified atom stereocenters. The lowest BCUT2D eigenvalue weighted by atomic mass is 9.85. The zero-order chi connectivity index (χ0) is 26.9. The molecule has 0 atom stereocenters. The summed E-state index contributed by atoms with van der Waals surface area (Å²) >= 11 is 10.4. The molecule has 0 aliphatic carbocycles. The van der Waals surface area contributed by atoms with E-state index in [1.807, 2.05) is 65.8 Å². The van der Waals surface area contributed by atoms with Gasteiger partial charge in [-0.1, -0.05) is 65.8 Å². The summed E-state index contributed by atoms with van der Waals surface area (Å²) in [4.78, 5) is 0. The monoisotopic (exact) mass is 528 g/mol. The van der Waals surface area contributed by atoms with E-state index in [-0.39, 0.29) is 22.3 Å². The Bertz CT molecular complexity index is 1040. The largest absolute Gasteiger partial charge is 0.507 e. The molecule has 0 fully saturated rings. The number of nitrogens with zero attached hydrogens (tertiary/aromatic N) is 2. The molecule has 0 spiro atoms. The van der Waals surface area contributed by atoms with Crippen LogP contribution in [0.15, 0.2) is 46.6 Å². The summed E-state index contributed by atoms with van der Waals surface area (Å²) in [6, 6.07) is 11.1. The normalized spacial score (nSPS) is 12.1. The maximum atomic E-state index is 10.5. The summed E-state index contributed by atoms with van der Waals surface area (Å²) in [5.74, 6) is 0.416. The Balaban J connectivity index is 1.73. The molecule has 0 radical (unpaired) electrons. The number of benzene rings is 2. The average Bonchev–Trinajstić information content (AvgIpc) is 2.77. The number of rotatable bonds is 7. The smallest absolute Gasteiger partial charge is 0.187 e. The van der Waals surface area contributed by atoms with E-state index in [0.717, 1.165) is 11.1 Å². The second-order valence-corrected chi connectivity index (χ2v) is 11.1. The number of para-hydroxylation sites is 2. The Labute approximate surface area is 224 Å². The van der Waals surface area contributed by atoms with Crippen LogP contribution >= 0.6 is 24.4 Å². The molecule has 0 saturated heterocycles. The topological polar surface area (TPSA) is 113 Å². The van der Waals surface area contributed by atoms with E-state index in [4.69, 9.17) is 24.4 Å². The summed E-state index contributed by atoms with van der Waals surface area (Å²) in [5.41, 5.74) is 8.03. The molecule has 0 heterocycles. The van der Waals surface area contributed by atoms with Gasteiger partial charge in [0.1, 0.15) is 11.5 Å². The van der Waals surface area contributed by atoms with Crippen molar-refractivity contribution in [2.24, 2.45) is 10.2 Å². The highest BCUT2D eigenvalue weighted by atomic mass is 32.1. The minimum atomic E-state index is -0.176. The first kappa shape index (κ1) is 29.0. The van der Waals surface area contributed by atoms with Gasteiger partial charge in [0.05, 0.1) is 12.4 Å². The van der Waals surface area contributed by atoms with Crippen LogP contribution in [-0.4, -0.2) is 46.0 Å². The molecule has 2 rings (SSSR count). The van der Waals surface area contributed by atoms with Gasteiger partial charge in [-0.3, -0.25) is 10.9 Å². The number of hydrogen-bond donors (Lipinski definition) is 6. The SMILES string of the molecule is CC(C)(C)c1cccc(/C=N/NC(=S)NCCNC(=S)N/N=C/c2cccc(C(C)(C)C)c2O)c1O. The number of hydrazone groups is 2. The van der Waals surface area contributed by atoms with E-state index in [1.165, 1.54) is 12.4 Å². The molecular weight excluding hydrogens is 492 g/mol. The van der Waals surface area contributed by atoms with Gasteiger partial charge in [-0.2, -0.15) is 10.2 Å². The van der Waals surface area contributed by atoms with Crippen LogP contribution in [0.3, 0.4) is 0 Å². The Kier molecular flexibility index (Phi) is 10.2. The molecule has 8 nitrogen and oxygen atoms in total. The first-order valence-electron chi connectivity index (χ1n) is 11.6. The van der Waals surface area contributed by atoms with Crippen LogP contribution in [-0.2, 0) is 10.8 Å². The number of thiocarbonyl (C=S) groups is 2. The second kappa shape index (κ2) is 12.6. The fraction of sp³-hybridized carbons (Fsp3) is 0.385. The molecule has 36 heavy (non-hydrogen) atoms. The first-order valence-corrected chi connectivity index (χ1v) is 12.4. The van der Waals surface area contributed by atoms with Crippen LogP contribution in [0.2, 0.25) is 0 Å². The molecule has 6 N–H and O–H groups in total. The van der Waals surface area contributed by atoms with Crippen LogP contribution < -0.4 is 21.5 Å². The maximum absolute atomic E-state index is 10.5. The zero-order valence-electron chi connectivity index (χ0n) is 21.6. The van der Waals surface area contributed by atoms with Crippen LogP contribution in [0.4, 0.5) is 0 Å². The first-order chi connectivity index (χ1) is 16.8. The minimum absolute atomic E-state index is 0.176.